The maximum Gasteiger partial charge on any atom is 0.471 e. The lowest BCUT2D eigenvalue weighted by Gasteiger charge is -2.15. The highest BCUT2D eigenvalue weighted by molar-refractivity contribution is 5.99. The summed E-state index contributed by atoms with van der Waals surface area (Å²) in [4.78, 5) is 33.5. The molecule has 0 aliphatic rings. The fraction of sp³-hybridized carbons (Fsp3) is 0.308. The smallest absolute Gasteiger partial charge is 0.471 e. The van der Waals surface area contributed by atoms with Gasteiger partial charge in [-0.25, -0.2) is 9.18 Å². The van der Waals surface area contributed by atoms with Crippen molar-refractivity contribution in [3.8, 4) is 5.75 Å². The van der Waals surface area contributed by atoms with Gasteiger partial charge in [0.15, 0.2) is 17.3 Å². The van der Waals surface area contributed by atoms with Crippen LogP contribution in [0.1, 0.15) is 16.8 Å². The summed E-state index contributed by atoms with van der Waals surface area (Å²) in [5.74, 6) is -6.34. The predicted octanol–water partition coefficient (Wildman–Crippen LogP) is 1.54. The highest BCUT2D eigenvalue weighted by Crippen LogP contribution is 2.19. The maximum absolute atomic E-state index is 13.5. The molecule has 126 valence electrons. The van der Waals surface area contributed by atoms with Crippen LogP contribution >= 0.6 is 0 Å². The Labute approximate surface area is 127 Å². The van der Waals surface area contributed by atoms with E-state index in [9.17, 15) is 31.9 Å². The Kier molecular flexibility index (Phi) is 5.66. The Morgan fingerprint density at radius 1 is 1.30 bits per heavy atom. The third kappa shape index (κ3) is 4.94. The van der Waals surface area contributed by atoms with Crippen LogP contribution in [0, 0.1) is 5.82 Å². The van der Waals surface area contributed by atoms with Gasteiger partial charge in [0.05, 0.1) is 7.11 Å². The Morgan fingerprint density at radius 2 is 1.91 bits per heavy atom. The van der Waals surface area contributed by atoms with E-state index >= 15 is 0 Å². The molecule has 1 rings (SSSR count). The summed E-state index contributed by atoms with van der Waals surface area (Å²) in [6, 6.07) is 0.884. The Bertz CT molecular complexity index is 629. The number of carbonyl (C=O) groups is 3. The van der Waals surface area contributed by atoms with Gasteiger partial charge < -0.3 is 15.2 Å². The molecule has 1 aromatic carbocycles. The van der Waals surface area contributed by atoms with Crippen LogP contribution in [0.4, 0.5) is 17.6 Å². The molecule has 0 unspecified atom stereocenters. The minimum absolute atomic E-state index is 0.165. The molecule has 6 nitrogen and oxygen atoms in total. The van der Waals surface area contributed by atoms with Crippen molar-refractivity contribution >= 4 is 17.7 Å². The van der Waals surface area contributed by atoms with Gasteiger partial charge in [0.1, 0.15) is 6.04 Å². The Morgan fingerprint density at radius 3 is 2.35 bits per heavy atom. The Hall–Kier alpha value is -2.65. The fourth-order valence-electron chi connectivity index (χ4n) is 1.58. The first kappa shape index (κ1) is 18.4. The number of nitrogens with one attached hydrogen (secondary N) is 1. The monoisotopic (exact) mass is 337 g/mol. The molecule has 0 saturated carbocycles. The average molecular weight is 337 g/mol. The van der Waals surface area contributed by atoms with Crippen molar-refractivity contribution in [3.63, 3.8) is 0 Å². The van der Waals surface area contributed by atoms with Gasteiger partial charge >= 0.3 is 18.1 Å². The molecule has 0 heterocycles. The van der Waals surface area contributed by atoms with Crippen LogP contribution in [-0.4, -0.2) is 42.1 Å². The first-order valence-corrected chi connectivity index (χ1v) is 6.03. The second kappa shape index (κ2) is 7.07. The number of methoxy groups -OCH3 is 1. The van der Waals surface area contributed by atoms with E-state index in [1.54, 1.807) is 0 Å². The summed E-state index contributed by atoms with van der Waals surface area (Å²) in [6.07, 6.45) is -6.26. The normalized spacial score (nSPS) is 12.4. The van der Waals surface area contributed by atoms with Crippen molar-refractivity contribution in [1.29, 1.82) is 0 Å². The average Bonchev–Trinajstić information content (AvgIpc) is 2.44. The van der Waals surface area contributed by atoms with Gasteiger partial charge in [-0.1, -0.05) is 0 Å². The van der Waals surface area contributed by atoms with Crippen molar-refractivity contribution in [2.45, 2.75) is 18.6 Å². The first-order chi connectivity index (χ1) is 10.6. The van der Waals surface area contributed by atoms with E-state index in [2.05, 4.69) is 4.74 Å². The zero-order chi connectivity index (χ0) is 17.8. The van der Waals surface area contributed by atoms with Crippen molar-refractivity contribution in [3.05, 3.63) is 29.6 Å². The van der Waals surface area contributed by atoms with E-state index in [0.717, 1.165) is 18.2 Å². The maximum atomic E-state index is 13.5. The summed E-state index contributed by atoms with van der Waals surface area (Å²) in [5.41, 5.74) is -0.268. The third-order valence-electron chi connectivity index (χ3n) is 2.72. The Balaban J connectivity index is 2.88. The van der Waals surface area contributed by atoms with Crippen LogP contribution in [0.5, 0.6) is 5.75 Å². The quantitative estimate of drug-likeness (QED) is 0.607. The SMILES string of the molecule is COc1ccc(C(=O)C[C@@H](NC(=O)C(F)(F)F)C(=O)O)cc1F. The summed E-state index contributed by atoms with van der Waals surface area (Å²) in [5, 5.41) is 9.98. The van der Waals surface area contributed by atoms with Gasteiger partial charge in [0.2, 0.25) is 0 Å². The lowest BCUT2D eigenvalue weighted by molar-refractivity contribution is -0.175. The van der Waals surface area contributed by atoms with E-state index in [1.807, 2.05) is 0 Å². The number of carboxylic acid groups (broad SMARTS) is 1. The van der Waals surface area contributed by atoms with Crippen molar-refractivity contribution in [2.24, 2.45) is 0 Å². The molecule has 1 aromatic rings. The zero-order valence-corrected chi connectivity index (χ0v) is 11.6. The molecule has 0 radical (unpaired) electrons. The number of alkyl halides is 3. The number of benzene rings is 1. The number of carboxylic acids is 1. The number of Topliss-reactive ketones (excluding diaryl/α,β-unsaturated/α-hetero) is 1. The number of halogens is 4. The molecule has 0 fully saturated rings. The van der Waals surface area contributed by atoms with Crippen LogP contribution in [0.2, 0.25) is 0 Å². The van der Waals surface area contributed by atoms with Gasteiger partial charge in [-0.05, 0) is 18.2 Å². The second-order valence-electron chi connectivity index (χ2n) is 4.34. The van der Waals surface area contributed by atoms with Crippen molar-refractivity contribution in [1.82, 2.24) is 5.32 Å². The predicted molar refractivity (Wildman–Crippen MR) is 67.5 cm³/mol. The van der Waals surface area contributed by atoms with Crippen molar-refractivity contribution < 1.29 is 41.8 Å². The number of carbonyl (C=O) groups excluding carboxylic acids is 2. The molecule has 0 saturated heterocycles. The lowest BCUT2D eigenvalue weighted by atomic mass is 10.0. The number of amides is 1. The fourth-order valence-corrected chi connectivity index (χ4v) is 1.58. The highest BCUT2D eigenvalue weighted by atomic mass is 19.4. The van der Waals surface area contributed by atoms with E-state index in [1.165, 1.54) is 12.4 Å². The molecule has 23 heavy (non-hydrogen) atoms. The minimum Gasteiger partial charge on any atom is -0.494 e. The number of rotatable bonds is 6. The van der Waals surface area contributed by atoms with E-state index in [4.69, 9.17) is 5.11 Å². The molecule has 0 aliphatic carbocycles. The topological polar surface area (TPSA) is 92.7 Å². The highest BCUT2D eigenvalue weighted by Gasteiger charge is 2.41. The molecular weight excluding hydrogens is 326 g/mol. The lowest BCUT2D eigenvalue weighted by Crippen LogP contribution is -2.47. The number of ketones is 1. The molecule has 10 heteroatoms. The first-order valence-electron chi connectivity index (χ1n) is 6.03. The summed E-state index contributed by atoms with van der Waals surface area (Å²) in [7, 11) is 1.19. The standard InChI is InChI=1S/C13H11F4NO5/c1-23-10-3-2-6(4-7(10)14)9(19)5-8(11(20)21)18-12(22)13(15,16)17/h2-4,8H,5H2,1H3,(H,18,22)(H,20,21)/t8-/m1/s1. The van der Waals surface area contributed by atoms with Crippen LogP contribution < -0.4 is 10.1 Å². The molecule has 2 N–H and O–H groups in total. The minimum atomic E-state index is -5.29. The third-order valence-corrected chi connectivity index (χ3v) is 2.72. The van der Waals surface area contributed by atoms with E-state index < -0.39 is 42.1 Å². The van der Waals surface area contributed by atoms with Crippen LogP contribution in [0.25, 0.3) is 0 Å². The van der Waals surface area contributed by atoms with Gasteiger partial charge in [-0.3, -0.25) is 9.59 Å². The molecular formula is C13H11F4NO5. The summed E-state index contributed by atoms with van der Waals surface area (Å²) < 4.78 is 54.4. The second-order valence-corrected chi connectivity index (χ2v) is 4.34. The number of aliphatic carboxylic acids is 1. The number of hydrogen-bond acceptors (Lipinski definition) is 4. The van der Waals surface area contributed by atoms with E-state index in [0.29, 0.717) is 0 Å². The van der Waals surface area contributed by atoms with Gasteiger partial charge in [-0.2, -0.15) is 13.2 Å². The largest absolute Gasteiger partial charge is 0.494 e. The molecule has 0 spiro atoms. The zero-order valence-electron chi connectivity index (χ0n) is 11.6. The van der Waals surface area contributed by atoms with Gasteiger partial charge in [-0.15, -0.1) is 0 Å². The van der Waals surface area contributed by atoms with Crippen molar-refractivity contribution in [2.75, 3.05) is 7.11 Å². The number of hydrogen-bond donors (Lipinski definition) is 2. The summed E-state index contributed by atoms with van der Waals surface area (Å²) in [6.45, 7) is 0. The number of ether oxygens (including phenoxy) is 1. The molecule has 0 aromatic heterocycles. The van der Waals surface area contributed by atoms with Crippen LogP contribution in [0.3, 0.4) is 0 Å². The van der Waals surface area contributed by atoms with Crippen LogP contribution in [-0.2, 0) is 9.59 Å². The van der Waals surface area contributed by atoms with E-state index in [-0.39, 0.29) is 11.3 Å². The molecule has 0 bridgehead atoms. The van der Waals surface area contributed by atoms with Crippen LogP contribution in [0.15, 0.2) is 18.2 Å². The molecule has 1 amide bonds. The summed E-state index contributed by atoms with van der Waals surface area (Å²) >= 11 is 0. The molecule has 1 atom stereocenters. The van der Waals surface area contributed by atoms with Gasteiger partial charge in [0.25, 0.3) is 0 Å². The van der Waals surface area contributed by atoms with Gasteiger partial charge in [0, 0.05) is 12.0 Å². The molecule has 0 aliphatic heterocycles.